The van der Waals surface area contributed by atoms with E-state index >= 15 is 0 Å². The summed E-state index contributed by atoms with van der Waals surface area (Å²) in [6.45, 7) is 1.51. The Morgan fingerprint density at radius 1 is 0.964 bits per heavy atom. The summed E-state index contributed by atoms with van der Waals surface area (Å²) in [6.07, 6.45) is 0.520. The van der Waals surface area contributed by atoms with Crippen LogP contribution in [0.4, 0.5) is 5.69 Å². The molecule has 0 saturated heterocycles. The van der Waals surface area contributed by atoms with Crippen molar-refractivity contribution in [3.63, 3.8) is 0 Å². The van der Waals surface area contributed by atoms with Crippen molar-refractivity contribution < 1.29 is 19.1 Å². The SMILES string of the molecule is C[C@H](NC(=O)COC(=O)CCCC(=O)Nc1ccccc1Cl)c1ccccc1. The number of hydrogen-bond acceptors (Lipinski definition) is 4. The number of carbonyl (C=O) groups is 3. The van der Waals surface area contributed by atoms with Gasteiger partial charge in [0, 0.05) is 12.8 Å². The number of ether oxygens (including phenoxy) is 1. The first-order valence-electron chi connectivity index (χ1n) is 9.00. The van der Waals surface area contributed by atoms with Crippen LogP contribution in [0.2, 0.25) is 5.02 Å². The van der Waals surface area contributed by atoms with E-state index < -0.39 is 5.97 Å². The van der Waals surface area contributed by atoms with Crippen LogP contribution in [0.1, 0.15) is 37.8 Å². The topological polar surface area (TPSA) is 84.5 Å². The minimum atomic E-state index is -0.520. The van der Waals surface area contributed by atoms with Gasteiger partial charge in [-0.25, -0.2) is 0 Å². The van der Waals surface area contributed by atoms with Crippen molar-refractivity contribution >= 4 is 35.1 Å². The van der Waals surface area contributed by atoms with Crippen molar-refractivity contribution in [3.05, 3.63) is 65.2 Å². The van der Waals surface area contributed by atoms with Crippen molar-refractivity contribution in [3.8, 4) is 0 Å². The molecule has 2 N–H and O–H groups in total. The monoisotopic (exact) mass is 402 g/mol. The summed E-state index contributed by atoms with van der Waals surface area (Å²) in [5.41, 5.74) is 1.49. The summed E-state index contributed by atoms with van der Waals surface area (Å²) >= 11 is 5.97. The molecule has 0 radical (unpaired) electrons. The fourth-order valence-corrected chi connectivity index (χ4v) is 2.68. The van der Waals surface area contributed by atoms with Gasteiger partial charge in [-0.05, 0) is 31.0 Å². The lowest BCUT2D eigenvalue weighted by Gasteiger charge is -2.14. The van der Waals surface area contributed by atoms with E-state index in [0.717, 1.165) is 5.56 Å². The number of amides is 2. The number of anilines is 1. The molecule has 148 valence electrons. The van der Waals surface area contributed by atoms with Gasteiger partial charge in [-0.15, -0.1) is 0 Å². The summed E-state index contributed by atoms with van der Waals surface area (Å²) in [5.74, 6) is -1.13. The fraction of sp³-hybridized carbons (Fsp3) is 0.286. The lowest BCUT2D eigenvalue weighted by atomic mass is 10.1. The number of esters is 1. The van der Waals surface area contributed by atoms with Crippen molar-refractivity contribution in [2.45, 2.75) is 32.2 Å². The Kier molecular flexibility index (Phi) is 8.49. The van der Waals surface area contributed by atoms with Crippen molar-refractivity contribution in [2.75, 3.05) is 11.9 Å². The molecule has 6 nitrogen and oxygen atoms in total. The highest BCUT2D eigenvalue weighted by molar-refractivity contribution is 6.33. The number of para-hydroxylation sites is 1. The molecule has 0 aliphatic carbocycles. The molecule has 0 aliphatic rings. The van der Waals surface area contributed by atoms with Gasteiger partial charge in [0.05, 0.1) is 16.8 Å². The Labute approximate surface area is 169 Å². The standard InChI is InChI=1S/C21H23ClN2O4/c1-15(16-8-3-2-4-9-16)23-20(26)14-28-21(27)13-7-12-19(25)24-18-11-6-5-10-17(18)22/h2-6,8-11,15H,7,12-14H2,1H3,(H,23,26)(H,24,25)/t15-/m0/s1. The highest BCUT2D eigenvalue weighted by atomic mass is 35.5. The third-order valence-electron chi connectivity index (χ3n) is 3.97. The van der Waals surface area contributed by atoms with E-state index in [4.69, 9.17) is 16.3 Å². The second kappa shape index (κ2) is 11.1. The van der Waals surface area contributed by atoms with Gasteiger partial charge in [-0.1, -0.05) is 54.1 Å². The van der Waals surface area contributed by atoms with Crippen LogP contribution >= 0.6 is 11.6 Å². The normalized spacial score (nSPS) is 11.4. The highest BCUT2D eigenvalue weighted by Gasteiger charge is 2.12. The zero-order valence-corrected chi connectivity index (χ0v) is 16.4. The van der Waals surface area contributed by atoms with Gasteiger partial charge in [0.25, 0.3) is 5.91 Å². The smallest absolute Gasteiger partial charge is 0.306 e. The second-order valence-electron chi connectivity index (χ2n) is 6.24. The lowest BCUT2D eigenvalue weighted by molar-refractivity contribution is -0.148. The number of benzene rings is 2. The first-order chi connectivity index (χ1) is 13.5. The van der Waals surface area contributed by atoms with Gasteiger partial charge in [-0.3, -0.25) is 14.4 Å². The zero-order valence-electron chi connectivity index (χ0n) is 15.6. The molecule has 0 unspecified atom stereocenters. The number of halogens is 1. The van der Waals surface area contributed by atoms with Crippen molar-refractivity contribution in [1.82, 2.24) is 5.32 Å². The summed E-state index contributed by atoms with van der Waals surface area (Å²) in [5, 5.41) is 5.90. The van der Waals surface area contributed by atoms with Crippen LogP contribution in [0.3, 0.4) is 0 Å². The zero-order chi connectivity index (χ0) is 20.4. The summed E-state index contributed by atoms with van der Waals surface area (Å²) in [6, 6.07) is 16.2. The molecule has 0 aliphatic heterocycles. The van der Waals surface area contributed by atoms with Crippen molar-refractivity contribution in [2.24, 2.45) is 0 Å². The van der Waals surface area contributed by atoms with Gasteiger partial charge < -0.3 is 15.4 Å². The number of rotatable bonds is 9. The predicted octanol–water partition coefficient (Wildman–Crippen LogP) is 3.87. The van der Waals surface area contributed by atoms with Crippen molar-refractivity contribution in [1.29, 1.82) is 0 Å². The summed E-state index contributed by atoms with van der Waals surface area (Å²) < 4.78 is 4.96. The average Bonchev–Trinajstić information content (AvgIpc) is 2.69. The molecule has 2 rings (SSSR count). The Hall–Kier alpha value is -2.86. The van der Waals surface area contributed by atoms with Crippen LogP contribution in [0.25, 0.3) is 0 Å². The molecule has 1 atom stereocenters. The Balaban J connectivity index is 1.62. The minimum absolute atomic E-state index is 0.0530. The van der Waals surface area contributed by atoms with E-state index in [2.05, 4.69) is 10.6 Å². The van der Waals surface area contributed by atoms with Crippen LogP contribution < -0.4 is 10.6 Å². The molecule has 2 aromatic carbocycles. The van der Waals surface area contributed by atoms with Crippen LogP contribution in [-0.2, 0) is 19.1 Å². The van der Waals surface area contributed by atoms with E-state index in [9.17, 15) is 14.4 Å². The van der Waals surface area contributed by atoms with E-state index in [1.807, 2.05) is 37.3 Å². The molecular formula is C21H23ClN2O4. The van der Waals surface area contributed by atoms with Gasteiger partial charge >= 0.3 is 5.97 Å². The quantitative estimate of drug-likeness (QED) is 0.623. The molecule has 0 fully saturated rings. The first kappa shape index (κ1) is 21.4. The second-order valence-corrected chi connectivity index (χ2v) is 6.65. The maximum Gasteiger partial charge on any atom is 0.306 e. The van der Waals surface area contributed by atoms with E-state index in [0.29, 0.717) is 17.1 Å². The third-order valence-corrected chi connectivity index (χ3v) is 4.30. The van der Waals surface area contributed by atoms with E-state index in [1.165, 1.54) is 0 Å². The maximum atomic E-state index is 11.9. The first-order valence-corrected chi connectivity index (χ1v) is 9.38. The number of nitrogens with one attached hydrogen (secondary N) is 2. The Bertz CT molecular complexity index is 811. The average molecular weight is 403 g/mol. The largest absolute Gasteiger partial charge is 0.456 e. The molecule has 0 bridgehead atoms. The number of hydrogen-bond donors (Lipinski definition) is 2. The molecule has 0 saturated carbocycles. The van der Waals surface area contributed by atoms with Crippen LogP contribution in [0.15, 0.2) is 54.6 Å². The van der Waals surface area contributed by atoms with Gasteiger partial charge in [-0.2, -0.15) is 0 Å². The van der Waals surface area contributed by atoms with Crippen LogP contribution in [-0.4, -0.2) is 24.4 Å². The van der Waals surface area contributed by atoms with Gasteiger partial charge in [0.1, 0.15) is 0 Å². The summed E-state index contributed by atoms with van der Waals surface area (Å²) in [4.78, 5) is 35.5. The molecule has 0 aromatic heterocycles. The summed E-state index contributed by atoms with van der Waals surface area (Å²) in [7, 11) is 0. The van der Waals surface area contributed by atoms with E-state index in [-0.39, 0.29) is 37.3 Å². The van der Waals surface area contributed by atoms with E-state index in [1.54, 1.807) is 24.3 Å². The third kappa shape index (κ3) is 7.40. The van der Waals surface area contributed by atoms with Crippen LogP contribution in [0.5, 0.6) is 0 Å². The molecule has 2 amide bonds. The number of carbonyl (C=O) groups excluding carboxylic acids is 3. The molecule has 28 heavy (non-hydrogen) atoms. The Morgan fingerprint density at radius 2 is 1.64 bits per heavy atom. The molecule has 7 heteroatoms. The molecule has 2 aromatic rings. The molecule has 0 spiro atoms. The maximum absolute atomic E-state index is 11.9. The lowest BCUT2D eigenvalue weighted by Crippen LogP contribution is -2.31. The molecule has 0 heterocycles. The highest BCUT2D eigenvalue weighted by Crippen LogP contribution is 2.20. The Morgan fingerprint density at radius 3 is 2.36 bits per heavy atom. The van der Waals surface area contributed by atoms with Gasteiger partial charge in [0.2, 0.25) is 5.91 Å². The molecular weight excluding hydrogens is 380 g/mol. The van der Waals surface area contributed by atoms with Crippen LogP contribution in [0, 0.1) is 0 Å². The minimum Gasteiger partial charge on any atom is -0.456 e. The predicted molar refractivity (Wildman–Crippen MR) is 108 cm³/mol. The van der Waals surface area contributed by atoms with Gasteiger partial charge in [0.15, 0.2) is 6.61 Å². The fourth-order valence-electron chi connectivity index (χ4n) is 2.49.